The highest BCUT2D eigenvalue weighted by molar-refractivity contribution is 5.83. The van der Waals surface area contributed by atoms with Crippen LogP contribution in [0.15, 0.2) is 85.5 Å². The van der Waals surface area contributed by atoms with Crippen molar-refractivity contribution in [2.45, 2.75) is 6.92 Å². The fraction of sp³-hybridized carbons (Fsp3) is 0.0400. The number of nitrogen functional groups attached to an aromatic ring is 2. The van der Waals surface area contributed by atoms with Crippen molar-refractivity contribution >= 4 is 11.5 Å². The van der Waals surface area contributed by atoms with Gasteiger partial charge in [-0.1, -0.05) is 30.3 Å². The fourth-order valence-corrected chi connectivity index (χ4v) is 3.56. The van der Waals surface area contributed by atoms with Crippen LogP contribution in [0.2, 0.25) is 0 Å². The summed E-state index contributed by atoms with van der Waals surface area (Å²) in [5, 5.41) is 0. The Hall–Kier alpha value is -4.52. The van der Waals surface area contributed by atoms with Gasteiger partial charge in [0.15, 0.2) is 0 Å². The van der Waals surface area contributed by atoms with Crippen LogP contribution in [0.5, 0.6) is 0 Å². The molecule has 0 radical (unpaired) electrons. The van der Waals surface area contributed by atoms with E-state index in [1.165, 1.54) is 0 Å². The van der Waals surface area contributed by atoms with E-state index >= 15 is 0 Å². The molecule has 5 rings (SSSR count). The minimum Gasteiger partial charge on any atom is -0.395 e. The zero-order chi connectivity index (χ0) is 22.1. The summed E-state index contributed by atoms with van der Waals surface area (Å²) in [5.41, 5.74) is 18.7. The number of rotatable bonds is 4. The van der Waals surface area contributed by atoms with Crippen LogP contribution in [0.3, 0.4) is 0 Å². The molecule has 0 atom stereocenters. The molecule has 5 aromatic rings. The first-order valence-electron chi connectivity index (χ1n) is 10.1. The monoisotopic (exact) mass is 419 g/mol. The van der Waals surface area contributed by atoms with Gasteiger partial charge in [-0.25, -0.2) is 9.97 Å². The molecular formula is C25H21N7. The van der Waals surface area contributed by atoms with Crippen LogP contribution in [0.25, 0.3) is 39.6 Å². The Morgan fingerprint density at radius 2 is 1.56 bits per heavy atom. The van der Waals surface area contributed by atoms with E-state index in [4.69, 9.17) is 16.5 Å². The average Bonchev–Trinajstić information content (AvgIpc) is 3.28. The lowest BCUT2D eigenvalue weighted by atomic mass is 10.0. The van der Waals surface area contributed by atoms with E-state index < -0.39 is 0 Å². The summed E-state index contributed by atoms with van der Waals surface area (Å²) in [5.74, 6) is 1.12. The van der Waals surface area contributed by atoms with E-state index in [9.17, 15) is 0 Å². The Morgan fingerprint density at radius 3 is 2.28 bits per heavy atom. The normalized spacial score (nSPS) is 10.9. The summed E-state index contributed by atoms with van der Waals surface area (Å²) < 4.78 is 2.03. The number of nitrogens with zero attached hydrogens (tertiary/aromatic N) is 5. The molecule has 1 aromatic carbocycles. The standard InChI is InChI=1S/C25H21N7/c1-16-5-10-19(14-30-16)32-15-22(21-4-2-3-12-28-21)31-25(32)18-8-6-17(7-9-18)20-11-13-29-24(27)23(20)26/h2-15H,26H2,1H3,(H2,27,29). The van der Waals surface area contributed by atoms with Gasteiger partial charge in [0, 0.05) is 35.4 Å². The van der Waals surface area contributed by atoms with Crippen molar-refractivity contribution in [3.05, 3.63) is 91.1 Å². The molecule has 0 spiro atoms. The molecule has 0 bridgehead atoms. The van der Waals surface area contributed by atoms with Crippen molar-refractivity contribution in [2.24, 2.45) is 0 Å². The van der Waals surface area contributed by atoms with Crippen molar-refractivity contribution < 1.29 is 0 Å². The summed E-state index contributed by atoms with van der Waals surface area (Å²) in [4.78, 5) is 17.8. The topological polar surface area (TPSA) is 109 Å². The van der Waals surface area contributed by atoms with E-state index in [-0.39, 0.29) is 0 Å². The zero-order valence-corrected chi connectivity index (χ0v) is 17.5. The fourth-order valence-electron chi connectivity index (χ4n) is 3.56. The van der Waals surface area contributed by atoms with Crippen molar-refractivity contribution in [3.63, 3.8) is 0 Å². The minimum absolute atomic E-state index is 0.328. The van der Waals surface area contributed by atoms with E-state index in [1.54, 1.807) is 12.4 Å². The van der Waals surface area contributed by atoms with E-state index in [0.29, 0.717) is 11.5 Å². The minimum atomic E-state index is 0.328. The third kappa shape index (κ3) is 3.56. The molecule has 4 aromatic heterocycles. The maximum Gasteiger partial charge on any atom is 0.147 e. The summed E-state index contributed by atoms with van der Waals surface area (Å²) in [7, 11) is 0. The number of imidazole rings is 1. The molecule has 0 aliphatic heterocycles. The van der Waals surface area contributed by atoms with Gasteiger partial charge in [0.1, 0.15) is 17.3 Å². The maximum atomic E-state index is 6.13. The molecule has 0 saturated heterocycles. The first-order chi connectivity index (χ1) is 15.6. The van der Waals surface area contributed by atoms with Gasteiger partial charge in [0.25, 0.3) is 0 Å². The molecule has 4 heterocycles. The number of pyridine rings is 3. The molecule has 0 saturated carbocycles. The Morgan fingerprint density at radius 1 is 0.750 bits per heavy atom. The average molecular weight is 419 g/mol. The van der Waals surface area contributed by atoms with E-state index in [2.05, 4.69) is 15.0 Å². The molecule has 0 unspecified atom stereocenters. The second-order valence-corrected chi connectivity index (χ2v) is 7.43. The largest absolute Gasteiger partial charge is 0.395 e. The predicted molar refractivity (Wildman–Crippen MR) is 127 cm³/mol. The third-order valence-electron chi connectivity index (χ3n) is 5.28. The molecule has 7 heteroatoms. The molecule has 4 N–H and O–H groups in total. The number of hydrogen-bond donors (Lipinski definition) is 2. The van der Waals surface area contributed by atoms with Crippen LogP contribution in [0.4, 0.5) is 11.5 Å². The SMILES string of the molecule is Cc1ccc(-n2cc(-c3ccccn3)nc2-c2ccc(-c3ccnc(N)c3N)cc2)cn1. The quantitative estimate of drug-likeness (QED) is 0.443. The first kappa shape index (κ1) is 19.4. The third-order valence-corrected chi connectivity index (χ3v) is 5.28. The molecule has 32 heavy (non-hydrogen) atoms. The Kier molecular flexibility index (Phi) is 4.84. The molecular weight excluding hydrogens is 398 g/mol. The predicted octanol–water partition coefficient (Wildman–Crippen LogP) is 4.53. The van der Waals surface area contributed by atoms with Crippen LogP contribution >= 0.6 is 0 Å². The summed E-state index contributed by atoms with van der Waals surface area (Å²) in [6.45, 7) is 1.97. The van der Waals surface area contributed by atoms with E-state index in [1.807, 2.05) is 84.5 Å². The maximum absolute atomic E-state index is 6.13. The second-order valence-electron chi connectivity index (χ2n) is 7.43. The van der Waals surface area contributed by atoms with Crippen molar-refractivity contribution in [2.75, 3.05) is 11.5 Å². The molecule has 7 nitrogen and oxygen atoms in total. The molecule has 156 valence electrons. The smallest absolute Gasteiger partial charge is 0.147 e. The lowest BCUT2D eigenvalue weighted by Crippen LogP contribution is -2.00. The highest BCUT2D eigenvalue weighted by Gasteiger charge is 2.15. The lowest BCUT2D eigenvalue weighted by molar-refractivity contribution is 1.04. The van der Waals surface area contributed by atoms with Gasteiger partial charge < -0.3 is 11.5 Å². The Labute approximate surface area is 185 Å². The summed E-state index contributed by atoms with van der Waals surface area (Å²) in [6, 6.07) is 19.7. The first-order valence-corrected chi connectivity index (χ1v) is 10.1. The molecule has 0 amide bonds. The molecule has 0 aliphatic carbocycles. The highest BCUT2D eigenvalue weighted by atomic mass is 15.1. The van der Waals surface area contributed by atoms with Gasteiger partial charge in [0.2, 0.25) is 0 Å². The number of anilines is 2. The van der Waals surface area contributed by atoms with Gasteiger partial charge >= 0.3 is 0 Å². The van der Waals surface area contributed by atoms with Gasteiger partial charge in [0.05, 0.1) is 23.3 Å². The van der Waals surface area contributed by atoms with Crippen LogP contribution in [0, 0.1) is 6.92 Å². The molecule has 0 aliphatic rings. The lowest BCUT2D eigenvalue weighted by Gasteiger charge is -2.10. The number of aromatic nitrogens is 5. The number of benzene rings is 1. The van der Waals surface area contributed by atoms with Crippen molar-refractivity contribution in [3.8, 4) is 39.6 Å². The van der Waals surface area contributed by atoms with Crippen LogP contribution in [-0.4, -0.2) is 24.5 Å². The van der Waals surface area contributed by atoms with Crippen LogP contribution in [-0.2, 0) is 0 Å². The van der Waals surface area contributed by atoms with Gasteiger partial charge in [-0.3, -0.25) is 14.5 Å². The van der Waals surface area contributed by atoms with E-state index in [0.717, 1.165) is 45.3 Å². The zero-order valence-electron chi connectivity index (χ0n) is 17.5. The summed E-state index contributed by atoms with van der Waals surface area (Å²) >= 11 is 0. The Balaban J connectivity index is 1.61. The number of nitrogens with two attached hydrogens (primary N) is 2. The number of aryl methyl sites for hydroxylation is 1. The second kappa shape index (κ2) is 7.96. The highest BCUT2D eigenvalue weighted by Crippen LogP contribution is 2.32. The van der Waals surface area contributed by atoms with Crippen LogP contribution in [0.1, 0.15) is 5.69 Å². The van der Waals surface area contributed by atoms with Gasteiger partial charge in [-0.05, 0) is 42.8 Å². The van der Waals surface area contributed by atoms with Crippen molar-refractivity contribution in [1.29, 1.82) is 0 Å². The Bertz CT molecular complexity index is 1370. The van der Waals surface area contributed by atoms with Crippen molar-refractivity contribution in [1.82, 2.24) is 24.5 Å². The number of hydrogen-bond acceptors (Lipinski definition) is 6. The van der Waals surface area contributed by atoms with Gasteiger partial charge in [-0.15, -0.1) is 0 Å². The summed E-state index contributed by atoms with van der Waals surface area (Å²) in [6.07, 6.45) is 7.25. The van der Waals surface area contributed by atoms with Gasteiger partial charge in [-0.2, -0.15) is 0 Å². The van der Waals surface area contributed by atoms with Crippen LogP contribution < -0.4 is 11.5 Å². The molecule has 0 fully saturated rings.